The van der Waals surface area contributed by atoms with Gasteiger partial charge in [0, 0.05) is 11.8 Å². The van der Waals surface area contributed by atoms with Crippen molar-refractivity contribution in [1.29, 1.82) is 0 Å². The first-order valence-electron chi connectivity index (χ1n) is 4.91. The number of carbonyl (C=O) groups is 2. The standard InChI is InChI=1S/C12H11NO3/c1-8(14)12-10(15)7-11(16-12)13-9-5-3-2-4-6-9/h2-7,12-13H,1H3. The summed E-state index contributed by atoms with van der Waals surface area (Å²) in [5.41, 5.74) is 0.811. The van der Waals surface area contributed by atoms with E-state index in [-0.39, 0.29) is 11.6 Å². The molecule has 1 heterocycles. The van der Waals surface area contributed by atoms with Crippen molar-refractivity contribution in [2.75, 3.05) is 5.32 Å². The summed E-state index contributed by atoms with van der Waals surface area (Å²) in [5.74, 6) is -0.284. The molecular weight excluding hydrogens is 206 g/mol. The monoisotopic (exact) mass is 217 g/mol. The van der Waals surface area contributed by atoms with Crippen LogP contribution < -0.4 is 5.32 Å². The number of carbonyl (C=O) groups excluding carboxylic acids is 2. The molecule has 0 aromatic heterocycles. The van der Waals surface area contributed by atoms with E-state index in [4.69, 9.17) is 4.74 Å². The van der Waals surface area contributed by atoms with Gasteiger partial charge in [-0.15, -0.1) is 0 Å². The van der Waals surface area contributed by atoms with E-state index in [0.717, 1.165) is 5.69 Å². The molecule has 1 aromatic carbocycles. The van der Waals surface area contributed by atoms with Gasteiger partial charge in [-0.2, -0.15) is 0 Å². The lowest BCUT2D eigenvalue weighted by molar-refractivity contribution is -0.133. The number of rotatable bonds is 3. The number of anilines is 1. The predicted molar refractivity (Wildman–Crippen MR) is 58.7 cm³/mol. The van der Waals surface area contributed by atoms with Crippen LogP contribution in [0.5, 0.6) is 0 Å². The molecule has 4 nitrogen and oxygen atoms in total. The SMILES string of the molecule is CC(=O)C1OC(Nc2ccccc2)=CC1=O. The molecule has 0 aliphatic carbocycles. The highest BCUT2D eigenvalue weighted by atomic mass is 16.5. The Morgan fingerprint density at radius 2 is 2.00 bits per heavy atom. The van der Waals surface area contributed by atoms with Crippen molar-refractivity contribution in [2.45, 2.75) is 13.0 Å². The molecule has 0 saturated carbocycles. The van der Waals surface area contributed by atoms with Gasteiger partial charge in [0.1, 0.15) is 0 Å². The molecule has 1 aliphatic rings. The van der Waals surface area contributed by atoms with Crippen LogP contribution >= 0.6 is 0 Å². The fourth-order valence-corrected chi connectivity index (χ4v) is 1.44. The number of nitrogens with one attached hydrogen (secondary N) is 1. The van der Waals surface area contributed by atoms with E-state index in [0.29, 0.717) is 5.88 Å². The number of Topliss-reactive ketones (excluding diaryl/α,β-unsaturated/α-hetero) is 1. The van der Waals surface area contributed by atoms with Gasteiger partial charge in [0.2, 0.25) is 11.9 Å². The van der Waals surface area contributed by atoms with Crippen molar-refractivity contribution in [2.24, 2.45) is 0 Å². The zero-order valence-electron chi connectivity index (χ0n) is 8.77. The Balaban J connectivity index is 2.06. The molecule has 82 valence electrons. The Hall–Kier alpha value is -2.10. The molecule has 0 amide bonds. The molecule has 4 heteroatoms. The number of para-hydroxylation sites is 1. The molecular formula is C12H11NO3. The third-order valence-electron chi connectivity index (χ3n) is 2.19. The number of hydrogen-bond donors (Lipinski definition) is 1. The van der Waals surface area contributed by atoms with Crippen molar-refractivity contribution in [3.63, 3.8) is 0 Å². The summed E-state index contributed by atoms with van der Waals surface area (Å²) in [6, 6.07) is 9.30. The van der Waals surface area contributed by atoms with Gasteiger partial charge in [-0.3, -0.25) is 9.59 Å². The van der Waals surface area contributed by atoms with Crippen molar-refractivity contribution >= 4 is 17.3 Å². The molecule has 0 saturated heterocycles. The third-order valence-corrected chi connectivity index (χ3v) is 2.19. The maximum Gasteiger partial charge on any atom is 0.220 e. The molecule has 0 radical (unpaired) electrons. The minimum atomic E-state index is -0.980. The Labute approximate surface area is 92.9 Å². The lowest BCUT2D eigenvalue weighted by Crippen LogP contribution is -2.25. The van der Waals surface area contributed by atoms with Gasteiger partial charge in [0.05, 0.1) is 0 Å². The summed E-state index contributed by atoms with van der Waals surface area (Å²) in [6.07, 6.45) is 0.324. The zero-order chi connectivity index (χ0) is 11.5. The smallest absolute Gasteiger partial charge is 0.220 e. The van der Waals surface area contributed by atoms with Gasteiger partial charge in [-0.25, -0.2) is 0 Å². The maximum absolute atomic E-state index is 11.4. The number of benzene rings is 1. The van der Waals surface area contributed by atoms with Gasteiger partial charge < -0.3 is 10.1 Å². The predicted octanol–water partition coefficient (Wildman–Crippen LogP) is 1.50. The van der Waals surface area contributed by atoms with Crippen LogP contribution in [0, 0.1) is 0 Å². The summed E-state index contributed by atoms with van der Waals surface area (Å²) in [4.78, 5) is 22.4. The summed E-state index contributed by atoms with van der Waals surface area (Å²) in [5, 5.41) is 2.92. The van der Waals surface area contributed by atoms with Gasteiger partial charge in [0.25, 0.3) is 0 Å². The average Bonchev–Trinajstić information content (AvgIpc) is 2.61. The summed E-state index contributed by atoms with van der Waals surface area (Å²) in [6.45, 7) is 1.34. The highest BCUT2D eigenvalue weighted by Crippen LogP contribution is 2.17. The van der Waals surface area contributed by atoms with Crippen molar-refractivity contribution < 1.29 is 14.3 Å². The quantitative estimate of drug-likeness (QED) is 0.779. The number of hydrogen-bond acceptors (Lipinski definition) is 4. The molecule has 1 aromatic rings. The highest BCUT2D eigenvalue weighted by Gasteiger charge is 2.30. The van der Waals surface area contributed by atoms with Crippen LogP contribution in [-0.4, -0.2) is 17.7 Å². The molecule has 1 N–H and O–H groups in total. The Morgan fingerprint density at radius 3 is 2.56 bits per heavy atom. The van der Waals surface area contributed by atoms with Crippen LogP contribution in [0.4, 0.5) is 5.69 Å². The van der Waals surface area contributed by atoms with Gasteiger partial charge in [0.15, 0.2) is 11.7 Å². The van der Waals surface area contributed by atoms with Gasteiger partial charge in [-0.05, 0) is 19.1 Å². The van der Waals surface area contributed by atoms with E-state index < -0.39 is 6.10 Å². The first-order chi connectivity index (χ1) is 7.66. The Kier molecular flexibility index (Phi) is 2.72. The Morgan fingerprint density at radius 1 is 1.31 bits per heavy atom. The number of ketones is 2. The fourth-order valence-electron chi connectivity index (χ4n) is 1.44. The lowest BCUT2D eigenvalue weighted by atomic mass is 10.2. The molecule has 1 unspecified atom stereocenters. The van der Waals surface area contributed by atoms with E-state index in [1.165, 1.54) is 13.0 Å². The summed E-state index contributed by atoms with van der Waals surface area (Å²) < 4.78 is 5.19. The zero-order valence-corrected chi connectivity index (χ0v) is 8.77. The summed E-state index contributed by atoms with van der Waals surface area (Å²) in [7, 11) is 0. The minimum absolute atomic E-state index is 0.286. The molecule has 0 spiro atoms. The van der Waals surface area contributed by atoms with Crippen LogP contribution in [0.3, 0.4) is 0 Å². The van der Waals surface area contributed by atoms with Crippen LogP contribution in [0.2, 0.25) is 0 Å². The van der Waals surface area contributed by atoms with Crippen molar-refractivity contribution in [3.8, 4) is 0 Å². The molecule has 0 fully saturated rings. The van der Waals surface area contributed by atoms with Gasteiger partial charge in [-0.1, -0.05) is 18.2 Å². The largest absolute Gasteiger partial charge is 0.459 e. The van der Waals surface area contributed by atoms with E-state index in [2.05, 4.69) is 5.32 Å². The van der Waals surface area contributed by atoms with Crippen molar-refractivity contribution in [1.82, 2.24) is 0 Å². The van der Waals surface area contributed by atoms with Gasteiger partial charge >= 0.3 is 0 Å². The molecule has 0 bridgehead atoms. The third kappa shape index (κ3) is 2.11. The van der Waals surface area contributed by atoms with Crippen LogP contribution in [0.25, 0.3) is 0 Å². The fraction of sp³-hybridized carbons (Fsp3) is 0.167. The van der Waals surface area contributed by atoms with Crippen LogP contribution in [-0.2, 0) is 14.3 Å². The average molecular weight is 217 g/mol. The van der Waals surface area contributed by atoms with E-state index in [9.17, 15) is 9.59 Å². The Bertz CT molecular complexity index is 451. The molecule has 2 rings (SSSR count). The normalized spacial score (nSPS) is 18.9. The van der Waals surface area contributed by atoms with E-state index in [1.807, 2.05) is 30.3 Å². The highest BCUT2D eigenvalue weighted by molar-refractivity contribution is 6.11. The summed E-state index contributed by atoms with van der Waals surface area (Å²) >= 11 is 0. The second-order valence-corrected chi connectivity index (χ2v) is 3.51. The first kappa shape index (κ1) is 10.4. The van der Waals surface area contributed by atoms with E-state index >= 15 is 0 Å². The van der Waals surface area contributed by atoms with E-state index in [1.54, 1.807) is 0 Å². The minimum Gasteiger partial charge on any atom is -0.459 e. The maximum atomic E-state index is 11.4. The number of ether oxygens (including phenoxy) is 1. The lowest BCUT2D eigenvalue weighted by Gasteiger charge is -2.10. The van der Waals surface area contributed by atoms with Crippen molar-refractivity contribution in [3.05, 3.63) is 42.3 Å². The topological polar surface area (TPSA) is 55.4 Å². The van der Waals surface area contributed by atoms with Crippen LogP contribution in [0.15, 0.2) is 42.3 Å². The molecule has 1 atom stereocenters. The second-order valence-electron chi connectivity index (χ2n) is 3.51. The molecule has 1 aliphatic heterocycles. The first-order valence-corrected chi connectivity index (χ1v) is 4.91. The second kappa shape index (κ2) is 4.18. The molecule has 16 heavy (non-hydrogen) atoms. The van der Waals surface area contributed by atoms with Crippen LogP contribution in [0.1, 0.15) is 6.92 Å².